The molecule has 1 N–H and O–H groups in total. The predicted octanol–water partition coefficient (Wildman–Crippen LogP) is 5.32. The zero-order valence-electron chi connectivity index (χ0n) is 15.9. The average molecular weight is 408 g/mol. The first-order valence-electron chi connectivity index (χ1n) is 9.40. The van der Waals surface area contributed by atoms with Crippen molar-refractivity contribution >= 4 is 0 Å². The number of aliphatic hydroxyl groups excluding tert-OH is 1. The summed E-state index contributed by atoms with van der Waals surface area (Å²) in [6, 6.07) is 28.6. The van der Waals surface area contributed by atoms with E-state index in [1.807, 2.05) is 91.0 Å². The van der Waals surface area contributed by atoms with Gasteiger partial charge in [-0.05, 0) is 16.7 Å². The standard InChI is InChI=1S/C24H19F3N2O/c25-24(26,27)22(30)21-16-29(17-28-21)23(18-10-4-1-5-11-18,19-12-6-2-7-13-19)20-14-8-3-9-15-20/h1-17,22,30H. The van der Waals surface area contributed by atoms with E-state index in [4.69, 9.17) is 0 Å². The van der Waals surface area contributed by atoms with Gasteiger partial charge < -0.3 is 9.67 Å². The minimum Gasteiger partial charge on any atom is -0.378 e. The lowest BCUT2D eigenvalue weighted by Crippen LogP contribution is -2.37. The fraction of sp³-hybridized carbons (Fsp3) is 0.125. The molecule has 1 atom stereocenters. The first-order valence-corrected chi connectivity index (χ1v) is 9.40. The van der Waals surface area contributed by atoms with Gasteiger partial charge in [-0.15, -0.1) is 0 Å². The first kappa shape index (κ1) is 19.9. The largest absolute Gasteiger partial charge is 0.420 e. The van der Waals surface area contributed by atoms with Crippen LogP contribution in [0.5, 0.6) is 0 Å². The summed E-state index contributed by atoms with van der Waals surface area (Å²) in [5.41, 5.74) is 1.14. The third-order valence-corrected chi connectivity index (χ3v) is 5.15. The Morgan fingerprint density at radius 2 is 1.10 bits per heavy atom. The van der Waals surface area contributed by atoms with Crippen LogP contribution < -0.4 is 0 Å². The van der Waals surface area contributed by atoms with Crippen molar-refractivity contribution in [2.24, 2.45) is 0 Å². The summed E-state index contributed by atoms with van der Waals surface area (Å²) < 4.78 is 41.0. The van der Waals surface area contributed by atoms with Crippen LogP contribution in [-0.2, 0) is 5.54 Å². The summed E-state index contributed by atoms with van der Waals surface area (Å²) in [6.07, 6.45) is -4.84. The van der Waals surface area contributed by atoms with Crippen molar-refractivity contribution in [1.82, 2.24) is 9.55 Å². The number of rotatable bonds is 5. The molecule has 0 saturated carbocycles. The SMILES string of the molecule is OC(c1cn(C(c2ccccc2)(c2ccccc2)c2ccccc2)cn1)C(F)(F)F. The van der Waals surface area contributed by atoms with Crippen LogP contribution in [0.4, 0.5) is 13.2 Å². The fourth-order valence-corrected chi connectivity index (χ4v) is 3.82. The average Bonchev–Trinajstić information content (AvgIpc) is 3.26. The number of imidazole rings is 1. The minimum absolute atomic E-state index is 0.449. The van der Waals surface area contributed by atoms with Gasteiger partial charge in [0.05, 0.1) is 12.0 Å². The molecular weight excluding hydrogens is 389 g/mol. The van der Waals surface area contributed by atoms with Crippen LogP contribution in [0.3, 0.4) is 0 Å². The summed E-state index contributed by atoms with van der Waals surface area (Å²) in [7, 11) is 0. The lowest BCUT2D eigenvalue weighted by molar-refractivity contribution is -0.207. The minimum atomic E-state index is -4.80. The second-order valence-corrected chi connectivity index (χ2v) is 6.96. The molecule has 0 aliphatic rings. The monoisotopic (exact) mass is 408 g/mol. The predicted molar refractivity (Wildman–Crippen MR) is 108 cm³/mol. The second kappa shape index (κ2) is 7.80. The first-order chi connectivity index (χ1) is 14.4. The molecule has 0 radical (unpaired) electrons. The second-order valence-electron chi connectivity index (χ2n) is 6.96. The van der Waals surface area contributed by atoms with Gasteiger partial charge in [-0.3, -0.25) is 0 Å². The molecule has 0 aliphatic heterocycles. The topological polar surface area (TPSA) is 38.0 Å². The van der Waals surface area contributed by atoms with E-state index in [-0.39, 0.29) is 0 Å². The van der Waals surface area contributed by atoms with Crippen LogP contribution >= 0.6 is 0 Å². The Bertz CT molecular complexity index is 997. The third-order valence-electron chi connectivity index (χ3n) is 5.15. The summed E-state index contributed by atoms with van der Waals surface area (Å²) in [5.74, 6) is 0. The van der Waals surface area contributed by atoms with Crippen molar-refractivity contribution in [2.75, 3.05) is 0 Å². The number of nitrogens with zero attached hydrogens (tertiary/aromatic N) is 2. The summed E-state index contributed by atoms with van der Waals surface area (Å²) in [6.45, 7) is 0. The summed E-state index contributed by atoms with van der Waals surface area (Å²) in [4.78, 5) is 3.92. The van der Waals surface area contributed by atoms with Gasteiger partial charge in [0.2, 0.25) is 0 Å². The summed E-state index contributed by atoms with van der Waals surface area (Å²) >= 11 is 0. The number of benzene rings is 3. The molecule has 0 aliphatic carbocycles. The fourth-order valence-electron chi connectivity index (χ4n) is 3.82. The number of aliphatic hydroxyl groups is 1. The van der Waals surface area contributed by atoms with Crippen molar-refractivity contribution in [2.45, 2.75) is 17.8 Å². The van der Waals surface area contributed by atoms with Gasteiger partial charge in [0, 0.05) is 6.20 Å². The van der Waals surface area contributed by atoms with Crippen LogP contribution in [0.1, 0.15) is 28.5 Å². The van der Waals surface area contributed by atoms with Crippen LogP contribution in [0.2, 0.25) is 0 Å². The molecule has 3 nitrogen and oxygen atoms in total. The van der Waals surface area contributed by atoms with E-state index in [0.29, 0.717) is 0 Å². The highest BCUT2D eigenvalue weighted by atomic mass is 19.4. The van der Waals surface area contributed by atoms with E-state index in [0.717, 1.165) is 16.7 Å². The molecule has 0 saturated heterocycles. The Morgan fingerprint density at radius 1 is 0.700 bits per heavy atom. The lowest BCUT2D eigenvalue weighted by Gasteiger charge is -2.37. The van der Waals surface area contributed by atoms with Crippen molar-refractivity contribution in [1.29, 1.82) is 0 Å². The highest BCUT2D eigenvalue weighted by Crippen LogP contribution is 2.41. The van der Waals surface area contributed by atoms with Crippen molar-refractivity contribution < 1.29 is 18.3 Å². The zero-order chi connectivity index (χ0) is 21.2. The molecule has 4 aromatic rings. The molecule has 152 valence electrons. The zero-order valence-corrected chi connectivity index (χ0v) is 15.9. The molecule has 3 aromatic carbocycles. The van der Waals surface area contributed by atoms with Gasteiger partial charge in [-0.1, -0.05) is 91.0 Å². The third kappa shape index (κ3) is 3.39. The van der Waals surface area contributed by atoms with Crippen molar-refractivity contribution in [3.63, 3.8) is 0 Å². The number of hydrogen-bond donors (Lipinski definition) is 1. The molecule has 0 spiro atoms. The van der Waals surface area contributed by atoms with E-state index in [1.54, 1.807) is 4.57 Å². The normalized spacial score (nSPS) is 13.2. The number of aromatic nitrogens is 2. The van der Waals surface area contributed by atoms with Crippen LogP contribution in [0.25, 0.3) is 0 Å². The molecule has 1 aromatic heterocycles. The van der Waals surface area contributed by atoms with Crippen molar-refractivity contribution in [3.05, 3.63) is 126 Å². The van der Waals surface area contributed by atoms with Crippen molar-refractivity contribution in [3.8, 4) is 0 Å². The number of halogens is 3. The van der Waals surface area contributed by atoms with E-state index in [1.165, 1.54) is 12.5 Å². The van der Waals surface area contributed by atoms with Gasteiger partial charge >= 0.3 is 6.18 Å². The Kier molecular flexibility index (Phi) is 5.18. The van der Waals surface area contributed by atoms with Crippen LogP contribution in [0.15, 0.2) is 104 Å². The van der Waals surface area contributed by atoms with Gasteiger partial charge in [0.15, 0.2) is 6.10 Å². The van der Waals surface area contributed by atoms with Gasteiger partial charge in [0.25, 0.3) is 0 Å². The maximum Gasteiger partial charge on any atom is 0.420 e. The maximum atomic E-state index is 13.1. The molecule has 1 heterocycles. The highest BCUT2D eigenvalue weighted by Gasteiger charge is 2.43. The Morgan fingerprint density at radius 3 is 1.47 bits per heavy atom. The quantitative estimate of drug-likeness (QED) is 0.454. The van der Waals surface area contributed by atoms with Gasteiger partial charge in [-0.2, -0.15) is 13.2 Å². The lowest BCUT2D eigenvalue weighted by atomic mass is 9.77. The Balaban J connectivity index is 2.03. The highest BCUT2D eigenvalue weighted by molar-refractivity contribution is 5.50. The van der Waals surface area contributed by atoms with Gasteiger partial charge in [0.1, 0.15) is 5.54 Å². The molecule has 30 heavy (non-hydrogen) atoms. The molecule has 0 bridgehead atoms. The van der Waals surface area contributed by atoms with E-state index in [2.05, 4.69) is 4.98 Å². The molecular formula is C24H19F3N2O. The van der Waals surface area contributed by atoms with E-state index >= 15 is 0 Å². The molecule has 1 unspecified atom stereocenters. The molecule has 0 amide bonds. The smallest absolute Gasteiger partial charge is 0.378 e. The molecule has 0 fully saturated rings. The van der Waals surface area contributed by atoms with Gasteiger partial charge in [-0.25, -0.2) is 4.98 Å². The molecule has 6 heteroatoms. The van der Waals surface area contributed by atoms with E-state index in [9.17, 15) is 18.3 Å². The van der Waals surface area contributed by atoms with Crippen LogP contribution in [0, 0.1) is 0 Å². The number of hydrogen-bond acceptors (Lipinski definition) is 2. The summed E-state index contributed by atoms with van der Waals surface area (Å²) in [5, 5.41) is 9.75. The maximum absolute atomic E-state index is 13.1. The Labute approximate surface area is 172 Å². The molecule has 4 rings (SSSR count). The van der Waals surface area contributed by atoms with E-state index < -0.39 is 23.5 Å². The van der Waals surface area contributed by atoms with Crippen LogP contribution in [-0.4, -0.2) is 20.8 Å². The number of alkyl halides is 3. The Hall–Kier alpha value is -3.38.